The molecule has 0 bridgehead atoms. The third-order valence-electron chi connectivity index (χ3n) is 4.19. The van der Waals surface area contributed by atoms with Gasteiger partial charge in [0.1, 0.15) is 5.82 Å². The summed E-state index contributed by atoms with van der Waals surface area (Å²) in [6, 6.07) is 10.9. The van der Waals surface area contributed by atoms with Crippen LogP contribution in [0.1, 0.15) is 29.2 Å². The molecular formula is C17H13Cl2N5O. The molecule has 6 nitrogen and oxygen atoms in total. The van der Waals surface area contributed by atoms with Crippen molar-refractivity contribution in [2.45, 2.75) is 19.3 Å². The number of carbonyl (C=O) groups is 1. The molecule has 1 atom stereocenters. The minimum atomic E-state index is -0.114. The number of carbonyl (C=O) groups excluding carboxylic acids is 1. The van der Waals surface area contributed by atoms with Crippen molar-refractivity contribution in [2.75, 3.05) is 5.32 Å². The third-order valence-corrected chi connectivity index (χ3v) is 4.63. The summed E-state index contributed by atoms with van der Waals surface area (Å²) in [7, 11) is 0. The summed E-state index contributed by atoms with van der Waals surface area (Å²) in [6.07, 6.45) is 0.339. The first kappa shape index (κ1) is 16.1. The molecule has 0 fully saturated rings. The molecule has 0 radical (unpaired) electrons. The van der Waals surface area contributed by atoms with Gasteiger partial charge in [0.2, 0.25) is 5.91 Å². The van der Waals surface area contributed by atoms with Gasteiger partial charge >= 0.3 is 0 Å². The van der Waals surface area contributed by atoms with E-state index in [2.05, 4.69) is 20.6 Å². The maximum atomic E-state index is 12.3. The highest BCUT2D eigenvalue weighted by molar-refractivity contribution is 6.30. The lowest BCUT2D eigenvalue weighted by molar-refractivity contribution is -0.116. The van der Waals surface area contributed by atoms with Crippen LogP contribution < -0.4 is 5.32 Å². The van der Waals surface area contributed by atoms with Gasteiger partial charge in [0.15, 0.2) is 11.0 Å². The molecule has 1 N–H and O–H groups in total. The number of fused-ring (bicyclic) bond motifs is 1. The summed E-state index contributed by atoms with van der Waals surface area (Å²) < 4.78 is 1.59. The van der Waals surface area contributed by atoms with E-state index in [0.717, 1.165) is 16.8 Å². The number of hydrogen-bond donors (Lipinski definition) is 1. The zero-order chi connectivity index (χ0) is 17.6. The first-order chi connectivity index (χ1) is 12.0. The van der Waals surface area contributed by atoms with Gasteiger partial charge in [-0.1, -0.05) is 35.3 Å². The molecule has 25 heavy (non-hydrogen) atoms. The van der Waals surface area contributed by atoms with Crippen LogP contribution >= 0.6 is 23.2 Å². The summed E-state index contributed by atoms with van der Waals surface area (Å²) in [4.78, 5) is 12.3. The van der Waals surface area contributed by atoms with Gasteiger partial charge in [-0.25, -0.2) is 0 Å². The Bertz CT molecular complexity index is 968. The van der Waals surface area contributed by atoms with Crippen molar-refractivity contribution in [3.63, 3.8) is 0 Å². The number of rotatable bonds is 2. The Morgan fingerprint density at radius 3 is 2.76 bits per heavy atom. The van der Waals surface area contributed by atoms with Crippen LogP contribution in [0.5, 0.6) is 0 Å². The van der Waals surface area contributed by atoms with Crippen LogP contribution in [-0.2, 0) is 4.79 Å². The second-order valence-electron chi connectivity index (χ2n) is 5.83. The van der Waals surface area contributed by atoms with Crippen LogP contribution in [-0.4, -0.2) is 25.9 Å². The predicted molar refractivity (Wildman–Crippen MR) is 95.4 cm³/mol. The highest BCUT2D eigenvalue weighted by atomic mass is 35.5. The maximum Gasteiger partial charge on any atom is 0.226 e. The van der Waals surface area contributed by atoms with Crippen LogP contribution in [0.2, 0.25) is 10.2 Å². The molecule has 3 aromatic rings. The average molecular weight is 374 g/mol. The zero-order valence-electron chi connectivity index (χ0n) is 13.2. The van der Waals surface area contributed by atoms with Gasteiger partial charge in [0.25, 0.3) is 0 Å². The Kier molecular flexibility index (Phi) is 3.94. The van der Waals surface area contributed by atoms with Crippen LogP contribution in [0.3, 0.4) is 0 Å². The molecule has 3 heterocycles. The lowest BCUT2D eigenvalue weighted by Gasteiger charge is -2.24. The molecule has 1 amide bonds. The lowest BCUT2D eigenvalue weighted by Crippen LogP contribution is -2.25. The minimum absolute atomic E-state index is 0.0828. The molecule has 4 rings (SSSR count). The predicted octanol–water partition coefficient (Wildman–Crippen LogP) is 3.75. The number of halogens is 2. The number of benzene rings is 1. The first-order valence-electron chi connectivity index (χ1n) is 7.67. The smallest absolute Gasteiger partial charge is 0.226 e. The fourth-order valence-corrected chi connectivity index (χ4v) is 3.44. The Morgan fingerprint density at radius 1 is 1.20 bits per heavy atom. The van der Waals surface area contributed by atoms with E-state index in [4.69, 9.17) is 23.2 Å². The van der Waals surface area contributed by atoms with Crippen molar-refractivity contribution in [3.8, 4) is 5.82 Å². The molecule has 1 aliphatic rings. The summed E-state index contributed by atoms with van der Waals surface area (Å²) in [5, 5.41) is 16.3. The third kappa shape index (κ3) is 2.88. The molecule has 1 aromatic carbocycles. The highest BCUT2D eigenvalue weighted by Crippen LogP contribution is 2.40. The van der Waals surface area contributed by atoms with Gasteiger partial charge in [-0.2, -0.15) is 9.78 Å². The zero-order valence-corrected chi connectivity index (χ0v) is 14.7. The number of aromatic nitrogens is 4. The second kappa shape index (κ2) is 6.13. The summed E-state index contributed by atoms with van der Waals surface area (Å²) in [5.41, 5.74) is 2.75. The molecule has 0 saturated heterocycles. The van der Waals surface area contributed by atoms with Crippen LogP contribution in [0.25, 0.3) is 5.82 Å². The normalized spacial score (nSPS) is 16.4. The average Bonchev–Trinajstić information content (AvgIpc) is 2.91. The lowest BCUT2D eigenvalue weighted by atomic mass is 9.86. The van der Waals surface area contributed by atoms with Crippen molar-refractivity contribution in [1.82, 2.24) is 20.0 Å². The van der Waals surface area contributed by atoms with E-state index >= 15 is 0 Å². The molecule has 1 aliphatic heterocycles. The number of nitrogens with one attached hydrogen (secondary N) is 1. The molecule has 0 aliphatic carbocycles. The van der Waals surface area contributed by atoms with E-state index in [1.807, 2.05) is 31.2 Å². The van der Waals surface area contributed by atoms with E-state index in [-0.39, 0.29) is 11.8 Å². The number of anilines is 1. The molecule has 2 aromatic heterocycles. The van der Waals surface area contributed by atoms with Crippen molar-refractivity contribution >= 4 is 34.9 Å². The van der Waals surface area contributed by atoms with Gasteiger partial charge in [-0.3, -0.25) is 4.79 Å². The first-order valence-corrected chi connectivity index (χ1v) is 8.43. The molecular weight excluding hydrogens is 361 g/mol. The maximum absolute atomic E-state index is 12.3. The van der Waals surface area contributed by atoms with E-state index in [1.165, 1.54) is 0 Å². The van der Waals surface area contributed by atoms with Crippen molar-refractivity contribution in [1.29, 1.82) is 0 Å². The summed E-state index contributed by atoms with van der Waals surface area (Å²) in [5.74, 6) is 0.896. The Hall–Kier alpha value is -2.44. The number of amides is 1. The van der Waals surface area contributed by atoms with Crippen LogP contribution in [0.15, 0.2) is 36.4 Å². The van der Waals surface area contributed by atoms with E-state index in [0.29, 0.717) is 28.2 Å². The number of nitrogens with zero attached hydrogens (tertiary/aromatic N) is 4. The van der Waals surface area contributed by atoms with E-state index in [1.54, 1.807) is 16.8 Å². The fourth-order valence-electron chi connectivity index (χ4n) is 3.14. The Morgan fingerprint density at radius 2 is 2.04 bits per heavy atom. The standard InChI is InChI=1S/C17H13Cl2N5O/c1-9-16-12(10-3-2-4-11(18)7-10)8-15(25)20-17(16)24(23-9)14-6-5-13(19)21-22-14/h2-7,12H,8H2,1H3,(H,20,25)/t12-/m0/s1. The molecule has 126 valence electrons. The highest BCUT2D eigenvalue weighted by Gasteiger charge is 2.33. The van der Waals surface area contributed by atoms with Crippen molar-refractivity contribution in [2.24, 2.45) is 0 Å². The van der Waals surface area contributed by atoms with E-state index < -0.39 is 0 Å². The van der Waals surface area contributed by atoms with Crippen LogP contribution in [0, 0.1) is 6.92 Å². The van der Waals surface area contributed by atoms with Crippen molar-refractivity contribution in [3.05, 3.63) is 63.4 Å². The molecule has 0 saturated carbocycles. The number of hydrogen-bond acceptors (Lipinski definition) is 4. The Labute approximate surface area is 153 Å². The fraction of sp³-hybridized carbons (Fsp3) is 0.176. The largest absolute Gasteiger partial charge is 0.310 e. The summed E-state index contributed by atoms with van der Waals surface area (Å²) >= 11 is 11.9. The van der Waals surface area contributed by atoms with Crippen LogP contribution in [0.4, 0.5) is 5.82 Å². The molecule has 0 spiro atoms. The van der Waals surface area contributed by atoms with Crippen molar-refractivity contribution < 1.29 is 4.79 Å². The minimum Gasteiger partial charge on any atom is -0.310 e. The molecule has 0 unspecified atom stereocenters. The van der Waals surface area contributed by atoms with Gasteiger partial charge in [-0.05, 0) is 36.8 Å². The Balaban J connectivity index is 1.87. The second-order valence-corrected chi connectivity index (χ2v) is 6.66. The monoisotopic (exact) mass is 373 g/mol. The van der Waals surface area contributed by atoms with Gasteiger partial charge in [0.05, 0.1) is 5.69 Å². The van der Waals surface area contributed by atoms with E-state index in [9.17, 15) is 4.79 Å². The molecule has 8 heteroatoms. The van der Waals surface area contributed by atoms with Gasteiger partial charge < -0.3 is 5.32 Å². The summed E-state index contributed by atoms with van der Waals surface area (Å²) in [6.45, 7) is 1.91. The van der Waals surface area contributed by atoms with Gasteiger partial charge in [0, 0.05) is 22.9 Å². The number of aryl methyl sites for hydroxylation is 1. The van der Waals surface area contributed by atoms with Gasteiger partial charge in [-0.15, -0.1) is 10.2 Å². The topological polar surface area (TPSA) is 72.7 Å². The SMILES string of the molecule is Cc1nn(-c2ccc(Cl)nn2)c2c1[C@H](c1cccc(Cl)c1)CC(=O)N2. The quantitative estimate of drug-likeness (QED) is 0.742.